The van der Waals surface area contributed by atoms with Crippen molar-refractivity contribution in [3.63, 3.8) is 0 Å². The Kier molecular flexibility index (Phi) is 7.16. The van der Waals surface area contributed by atoms with Gasteiger partial charge in [-0.05, 0) is 29.7 Å². The van der Waals surface area contributed by atoms with Crippen molar-refractivity contribution in [3.05, 3.63) is 64.7 Å². The van der Waals surface area contributed by atoms with Gasteiger partial charge < -0.3 is 5.32 Å². The topological polar surface area (TPSA) is 12.0 Å². The van der Waals surface area contributed by atoms with E-state index in [2.05, 4.69) is 17.4 Å². The largest absolute Gasteiger partial charge is 0.353 e. The Balaban J connectivity index is 0.000000861. The molecule has 0 saturated carbocycles. The predicted molar refractivity (Wildman–Crippen MR) is 89.3 cm³/mol. The molecular weight excluding hydrogens is 274 g/mol. The summed E-state index contributed by atoms with van der Waals surface area (Å²) in [5.74, 6) is 0. The Morgan fingerprint density at radius 3 is 2.37 bits per heavy atom. The molecule has 0 unspecified atom stereocenters. The fourth-order valence-electron chi connectivity index (χ4n) is 1.66. The molecule has 0 spiro atoms. The summed E-state index contributed by atoms with van der Waals surface area (Å²) in [4.78, 5) is 0. The van der Waals surface area contributed by atoms with Crippen LogP contribution in [0.3, 0.4) is 0 Å². The Morgan fingerprint density at radius 1 is 1.11 bits per heavy atom. The SMILES string of the molecule is CC.S=CNc1ccc(Cc2ccccc2)c(Cl)c1. The minimum Gasteiger partial charge on any atom is -0.353 e. The lowest BCUT2D eigenvalue weighted by atomic mass is 10.0. The fourth-order valence-corrected chi connectivity index (χ4v) is 2.05. The third-order valence-corrected chi connectivity index (χ3v) is 2.99. The minimum absolute atomic E-state index is 0.760. The zero-order valence-corrected chi connectivity index (χ0v) is 12.8. The standard InChI is InChI=1S/C14H12ClNS.C2H6/c15-14-9-13(16-10-17)7-6-12(14)8-11-4-2-1-3-5-11;1-2/h1-7,9-10H,8H2,(H,16,17);1-2H3. The van der Waals surface area contributed by atoms with Crippen LogP contribution in [0.5, 0.6) is 0 Å². The molecule has 2 rings (SSSR count). The Labute approximate surface area is 125 Å². The Morgan fingerprint density at radius 2 is 1.79 bits per heavy atom. The van der Waals surface area contributed by atoms with Gasteiger partial charge in [-0.2, -0.15) is 0 Å². The highest BCUT2D eigenvalue weighted by molar-refractivity contribution is 7.79. The highest BCUT2D eigenvalue weighted by Gasteiger charge is 2.02. The van der Waals surface area contributed by atoms with Crippen LogP contribution in [0, 0.1) is 0 Å². The van der Waals surface area contributed by atoms with Crippen molar-refractivity contribution in [2.45, 2.75) is 20.3 Å². The number of benzene rings is 2. The molecule has 0 bridgehead atoms. The quantitative estimate of drug-likeness (QED) is 0.765. The predicted octanol–water partition coefficient (Wildman–Crippen LogP) is 5.33. The number of halogens is 1. The molecule has 3 heteroatoms. The Bertz CT molecular complexity index is 511. The highest BCUT2D eigenvalue weighted by Crippen LogP contribution is 2.23. The molecule has 0 radical (unpaired) electrons. The second kappa shape index (κ2) is 8.68. The summed E-state index contributed by atoms with van der Waals surface area (Å²) in [5.41, 5.74) is 4.77. The van der Waals surface area contributed by atoms with Gasteiger partial charge in [0.2, 0.25) is 0 Å². The summed E-state index contributed by atoms with van der Waals surface area (Å²) < 4.78 is 0. The normalized spacial score (nSPS) is 9.21. The van der Waals surface area contributed by atoms with Gasteiger partial charge in [-0.25, -0.2) is 0 Å². The lowest BCUT2D eigenvalue weighted by Crippen LogP contribution is -1.94. The molecule has 0 aliphatic rings. The molecule has 19 heavy (non-hydrogen) atoms. The molecule has 2 aromatic rings. The van der Waals surface area contributed by atoms with Gasteiger partial charge in [0.1, 0.15) is 0 Å². The van der Waals surface area contributed by atoms with E-state index in [4.69, 9.17) is 23.8 Å². The fraction of sp³-hybridized carbons (Fsp3) is 0.188. The van der Waals surface area contributed by atoms with Crippen molar-refractivity contribution in [2.24, 2.45) is 0 Å². The smallest absolute Gasteiger partial charge is 0.0658 e. The molecule has 0 aliphatic carbocycles. The number of anilines is 1. The van der Waals surface area contributed by atoms with Crippen LogP contribution < -0.4 is 5.32 Å². The molecule has 100 valence electrons. The molecule has 0 amide bonds. The van der Waals surface area contributed by atoms with Crippen LogP contribution in [0.2, 0.25) is 5.02 Å². The van der Waals surface area contributed by atoms with Crippen molar-refractivity contribution < 1.29 is 0 Å². The Hall–Kier alpha value is -1.38. The summed E-state index contributed by atoms with van der Waals surface area (Å²) in [6, 6.07) is 16.2. The van der Waals surface area contributed by atoms with E-state index < -0.39 is 0 Å². The van der Waals surface area contributed by atoms with Crippen LogP contribution >= 0.6 is 23.8 Å². The maximum absolute atomic E-state index is 6.23. The van der Waals surface area contributed by atoms with E-state index in [-0.39, 0.29) is 0 Å². The van der Waals surface area contributed by atoms with Crippen molar-refractivity contribution in [1.82, 2.24) is 0 Å². The first-order valence-electron chi connectivity index (χ1n) is 6.32. The number of thiocarbonyl (C=S) groups is 1. The third kappa shape index (κ3) is 5.01. The van der Waals surface area contributed by atoms with E-state index in [1.54, 1.807) is 0 Å². The molecule has 0 fully saturated rings. The number of hydrogen-bond acceptors (Lipinski definition) is 1. The lowest BCUT2D eigenvalue weighted by Gasteiger charge is -2.07. The average molecular weight is 292 g/mol. The van der Waals surface area contributed by atoms with E-state index in [1.807, 2.05) is 50.2 Å². The number of rotatable bonds is 4. The van der Waals surface area contributed by atoms with Gasteiger partial charge in [-0.1, -0.05) is 74.1 Å². The molecule has 1 nitrogen and oxygen atoms in total. The van der Waals surface area contributed by atoms with Crippen LogP contribution in [0.15, 0.2) is 48.5 Å². The van der Waals surface area contributed by atoms with E-state index in [9.17, 15) is 0 Å². The number of nitrogens with one attached hydrogen (secondary N) is 1. The van der Waals surface area contributed by atoms with Crippen LogP contribution in [-0.2, 0) is 6.42 Å². The molecular formula is C16H18ClNS. The summed E-state index contributed by atoms with van der Waals surface area (Å²) in [5, 5.41) is 3.70. The summed E-state index contributed by atoms with van der Waals surface area (Å²) in [7, 11) is 0. The maximum atomic E-state index is 6.23. The van der Waals surface area contributed by atoms with Crippen LogP contribution in [0.4, 0.5) is 5.69 Å². The average Bonchev–Trinajstić information content (AvgIpc) is 2.46. The van der Waals surface area contributed by atoms with Crippen molar-refractivity contribution in [2.75, 3.05) is 5.32 Å². The van der Waals surface area contributed by atoms with Gasteiger partial charge in [-0.3, -0.25) is 0 Å². The first kappa shape index (κ1) is 15.7. The van der Waals surface area contributed by atoms with E-state index in [0.29, 0.717) is 0 Å². The monoisotopic (exact) mass is 291 g/mol. The zero-order chi connectivity index (χ0) is 14.1. The second-order valence-electron chi connectivity index (χ2n) is 3.73. The second-order valence-corrected chi connectivity index (χ2v) is 4.37. The van der Waals surface area contributed by atoms with Crippen molar-refractivity contribution >= 4 is 35.0 Å². The van der Waals surface area contributed by atoms with Gasteiger partial charge >= 0.3 is 0 Å². The zero-order valence-electron chi connectivity index (χ0n) is 11.2. The lowest BCUT2D eigenvalue weighted by molar-refractivity contribution is 1.19. The first-order valence-corrected chi connectivity index (χ1v) is 7.17. The molecule has 1 N–H and O–H groups in total. The van der Waals surface area contributed by atoms with Crippen LogP contribution in [0.25, 0.3) is 0 Å². The van der Waals surface area contributed by atoms with Crippen LogP contribution in [-0.4, -0.2) is 5.49 Å². The molecule has 2 aromatic carbocycles. The third-order valence-electron chi connectivity index (χ3n) is 2.52. The van der Waals surface area contributed by atoms with Gasteiger partial charge in [0.05, 0.1) is 5.49 Å². The highest BCUT2D eigenvalue weighted by atomic mass is 35.5. The first-order chi connectivity index (χ1) is 9.29. The van der Waals surface area contributed by atoms with Gasteiger partial charge in [0.15, 0.2) is 0 Å². The molecule has 0 atom stereocenters. The minimum atomic E-state index is 0.760. The van der Waals surface area contributed by atoms with Crippen LogP contribution in [0.1, 0.15) is 25.0 Å². The van der Waals surface area contributed by atoms with Crippen molar-refractivity contribution in [1.29, 1.82) is 0 Å². The maximum Gasteiger partial charge on any atom is 0.0658 e. The number of hydrogen-bond donors (Lipinski definition) is 1. The summed E-state index contributed by atoms with van der Waals surface area (Å²) in [6.07, 6.45) is 0.845. The van der Waals surface area contributed by atoms with Crippen molar-refractivity contribution in [3.8, 4) is 0 Å². The molecule has 0 saturated heterocycles. The van der Waals surface area contributed by atoms with E-state index in [0.717, 1.165) is 22.7 Å². The van der Waals surface area contributed by atoms with E-state index in [1.165, 1.54) is 11.1 Å². The van der Waals surface area contributed by atoms with E-state index >= 15 is 0 Å². The molecule has 0 aromatic heterocycles. The summed E-state index contributed by atoms with van der Waals surface area (Å²) >= 11 is 11.0. The van der Waals surface area contributed by atoms with Gasteiger partial charge in [-0.15, -0.1) is 0 Å². The van der Waals surface area contributed by atoms with Gasteiger partial charge in [0, 0.05) is 10.7 Å². The molecule has 0 aliphatic heterocycles. The van der Waals surface area contributed by atoms with Gasteiger partial charge in [0.25, 0.3) is 0 Å². The molecule has 0 heterocycles. The summed E-state index contributed by atoms with van der Waals surface area (Å²) in [6.45, 7) is 4.00.